The van der Waals surface area contributed by atoms with Gasteiger partial charge >= 0.3 is 0 Å². The summed E-state index contributed by atoms with van der Waals surface area (Å²) in [7, 11) is 0. The number of pyridine rings is 1. The standard InChI is InChI=1S/C22H21ClN2O3S2/c1-29-10-11-30-22(28)19(25-21(27)14-6-8-16(23)9-7-14)12-15-13-20(26)24-18-5-3-2-4-17(15)18/h2-9,13,19H,10-12H2,1H3,(H,24,26)(H,25,27). The largest absolute Gasteiger partial charge is 0.341 e. The van der Waals surface area contributed by atoms with Crippen LogP contribution in [0, 0.1) is 0 Å². The van der Waals surface area contributed by atoms with Gasteiger partial charge in [0.2, 0.25) is 10.7 Å². The molecule has 0 fully saturated rings. The molecule has 1 heterocycles. The Kier molecular flexibility index (Phi) is 8.01. The monoisotopic (exact) mass is 460 g/mol. The Bertz CT molecular complexity index is 1100. The van der Waals surface area contributed by atoms with Crippen molar-refractivity contribution in [1.82, 2.24) is 10.3 Å². The molecule has 0 aliphatic heterocycles. The van der Waals surface area contributed by atoms with Crippen LogP contribution in [0.15, 0.2) is 59.4 Å². The van der Waals surface area contributed by atoms with Gasteiger partial charge in [0.1, 0.15) is 6.04 Å². The van der Waals surface area contributed by atoms with Crippen LogP contribution >= 0.6 is 35.1 Å². The third-order valence-corrected chi connectivity index (χ3v) is 6.59. The second-order valence-corrected chi connectivity index (χ2v) is 9.12. The van der Waals surface area contributed by atoms with Gasteiger partial charge in [0.25, 0.3) is 5.91 Å². The van der Waals surface area contributed by atoms with Gasteiger partial charge in [-0.15, -0.1) is 0 Å². The number of aromatic amines is 1. The highest BCUT2D eigenvalue weighted by atomic mass is 35.5. The summed E-state index contributed by atoms with van der Waals surface area (Å²) in [6, 6.07) is 14.6. The molecule has 0 aliphatic rings. The number of H-pyrrole nitrogens is 1. The Morgan fingerprint density at radius 1 is 1.10 bits per heavy atom. The highest BCUT2D eigenvalue weighted by molar-refractivity contribution is 8.14. The fourth-order valence-corrected chi connectivity index (χ4v) is 4.70. The average Bonchev–Trinajstić information content (AvgIpc) is 2.73. The molecular weight excluding hydrogens is 440 g/mol. The highest BCUT2D eigenvalue weighted by Crippen LogP contribution is 2.19. The van der Waals surface area contributed by atoms with Crippen molar-refractivity contribution in [2.45, 2.75) is 12.5 Å². The van der Waals surface area contributed by atoms with E-state index in [2.05, 4.69) is 10.3 Å². The molecule has 8 heteroatoms. The van der Waals surface area contributed by atoms with Crippen LogP contribution < -0.4 is 10.9 Å². The van der Waals surface area contributed by atoms with E-state index in [4.69, 9.17) is 11.6 Å². The van der Waals surface area contributed by atoms with Crippen LogP contribution in [-0.4, -0.2) is 39.8 Å². The number of hydrogen-bond acceptors (Lipinski definition) is 5. The van der Waals surface area contributed by atoms with E-state index >= 15 is 0 Å². The van der Waals surface area contributed by atoms with Crippen molar-refractivity contribution in [2.24, 2.45) is 0 Å². The van der Waals surface area contributed by atoms with E-state index in [0.29, 0.717) is 21.9 Å². The minimum Gasteiger partial charge on any atom is -0.341 e. The first-order valence-electron chi connectivity index (χ1n) is 9.31. The maximum Gasteiger partial charge on any atom is 0.251 e. The molecule has 0 bridgehead atoms. The number of aromatic nitrogens is 1. The minimum absolute atomic E-state index is 0.129. The molecule has 0 radical (unpaired) electrons. The molecular formula is C22H21ClN2O3S2. The van der Waals surface area contributed by atoms with Crippen LogP contribution in [-0.2, 0) is 11.2 Å². The van der Waals surface area contributed by atoms with E-state index in [1.54, 1.807) is 36.0 Å². The van der Waals surface area contributed by atoms with Crippen molar-refractivity contribution in [3.05, 3.63) is 81.1 Å². The van der Waals surface area contributed by atoms with Gasteiger partial charge < -0.3 is 10.3 Å². The van der Waals surface area contributed by atoms with Gasteiger partial charge in [0.15, 0.2) is 0 Å². The maximum absolute atomic E-state index is 12.9. The SMILES string of the molecule is CSCCSC(=O)C(Cc1cc(=O)[nH]c2ccccc12)NC(=O)c1ccc(Cl)cc1. The van der Waals surface area contributed by atoms with Crippen molar-refractivity contribution >= 4 is 57.1 Å². The third kappa shape index (κ3) is 5.90. The normalized spacial score (nSPS) is 11.9. The quantitative estimate of drug-likeness (QED) is 0.494. The lowest BCUT2D eigenvalue weighted by Crippen LogP contribution is -2.41. The smallest absolute Gasteiger partial charge is 0.251 e. The van der Waals surface area contributed by atoms with Gasteiger partial charge in [-0.3, -0.25) is 14.4 Å². The van der Waals surface area contributed by atoms with Gasteiger partial charge in [-0.25, -0.2) is 0 Å². The predicted molar refractivity (Wildman–Crippen MR) is 127 cm³/mol. The summed E-state index contributed by atoms with van der Waals surface area (Å²) in [6.07, 6.45) is 2.21. The number of fused-ring (bicyclic) bond motifs is 1. The topological polar surface area (TPSA) is 79.0 Å². The van der Waals surface area contributed by atoms with Crippen molar-refractivity contribution in [2.75, 3.05) is 17.8 Å². The zero-order valence-electron chi connectivity index (χ0n) is 16.3. The lowest BCUT2D eigenvalue weighted by atomic mass is 10.0. The number of thioether (sulfide) groups is 2. The fourth-order valence-electron chi connectivity index (χ4n) is 3.03. The molecule has 1 amide bonds. The van der Waals surface area contributed by atoms with E-state index in [0.717, 1.165) is 16.7 Å². The van der Waals surface area contributed by atoms with Crippen molar-refractivity contribution < 1.29 is 9.59 Å². The van der Waals surface area contributed by atoms with Crippen LogP contribution in [0.2, 0.25) is 5.02 Å². The Balaban J connectivity index is 1.88. The van der Waals surface area contributed by atoms with Crippen LogP contribution in [0.25, 0.3) is 10.9 Å². The molecule has 0 aliphatic carbocycles. The van der Waals surface area contributed by atoms with Crippen LogP contribution in [0.4, 0.5) is 0 Å². The van der Waals surface area contributed by atoms with Gasteiger partial charge in [-0.2, -0.15) is 11.8 Å². The lowest BCUT2D eigenvalue weighted by molar-refractivity contribution is -0.112. The summed E-state index contributed by atoms with van der Waals surface area (Å²) >= 11 is 8.75. The number of rotatable bonds is 8. The Morgan fingerprint density at radius 3 is 2.57 bits per heavy atom. The molecule has 1 aromatic heterocycles. The van der Waals surface area contributed by atoms with Gasteiger partial charge in [0.05, 0.1) is 0 Å². The van der Waals surface area contributed by atoms with Crippen molar-refractivity contribution in [3.8, 4) is 0 Å². The van der Waals surface area contributed by atoms with Crippen molar-refractivity contribution in [1.29, 1.82) is 0 Å². The van der Waals surface area contributed by atoms with Gasteiger partial charge in [-0.1, -0.05) is 41.6 Å². The Hall–Kier alpha value is -2.22. The predicted octanol–water partition coefficient (Wildman–Crippen LogP) is 4.15. The van der Waals surface area contributed by atoms with Gasteiger partial charge in [0, 0.05) is 45.5 Å². The molecule has 1 unspecified atom stereocenters. The third-order valence-electron chi connectivity index (χ3n) is 4.49. The Morgan fingerprint density at radius 2 is 1.83 bits per heavy atom. The molecule has 30 heavy (non-hydrogen) atoms. The summed E-state index contributed by atoms with van der Waals surface area (Å²) in [5, 5.41) is 4.09. The summed E-state index contributed by atoms with van der Waals surface area (Å²) in [5.74, 6) is 1.13. The molecule has 3 rings (SSSR count). The van der Waals surface area contributed by atoms with Crippen LogP contribution in [0.1, 0.15) is 15.9 Å². The minimum atomic E-state index is -0.759. The van der Waals surface area contributed by atoms with Gasteiger partial charge in [-0.05, 0) is 42.2 Å². The van der Waals surface area contributed by atoms with E-state index in [9.17, 15) is 14.4 Å². The lowest BCUT2D eigenvalue weighted by Gasteiger charge is -2.18. The number of amides is 1. The molecule has 3 aromatic rings. The summed E-state index contributed by atoms with van der Waals surface area (Å²) in [4.78, 5) is 40.5. The summed E-state index contributed by atoms with van der Waals surface area (Å²) in [5.41, 5.74) is 1.59. The molecule has 0 spiro atoms. The van der Waals surface area contributed by atoms with Crippen LogP contribution in [0.3, 0.4) is 0 Å². The fraction of sp³-hybridized carbons (Fsp3) is 0.227. The number of benzene rings is 2. The molecule has 5 nitrogen and oxygen atoms in total. The molecule has 2 aromatic carbocycles. The van der Waals surface area contributed by atoms with Crippen LogP contribution in [0.5, 0.6) is 0 Å². The zero-order chi connectivity index (χ0) is 21.5. The molecule has 0 saturated heterocycles. The van der Waals surface area contributed by atoms with Crippen molar-refractivity contribution in [3.63, 3.8) is 0 Å². The molecule has 0 saturated carbocycles. The average molecular weight is 461 g/mol. The Labute approximate surface area is 188 Å². The first kappa shape index (κ1) is 22.5. The molecule has 156 valence electrons. The van der Waals surface area contributed by atoms with E-state index in [-0.39, 0.29) is 23.0 Å². The van der Waals surface area contributed by atoms with E-state index in [1.807, 2.05) is 30.5 Å². The molecule has 2 N–H and O–H groups in total. The first-order valence-corrected chi connectivity index (χ1v) is 12.1. The summed E-state index contributed by atoms with van der Waals surface area (Å²) in [6.45, 7) is 0. The number of carbonyl (C=O) groups excluding carboxylic acids is 2. The maximum atomic E-state index is 12.9. The van der Waals surface area contributed by atoms with E-state index < -0.39 is 6.04 Å². The highest BCUT2D eigenvalue weighted by Gasteiger charge is 2.23. The number of hydrogen-bond donors (Lipinski definition) is 2. The number of halogens is 1. The first-order chi connectivity index (χ1) is 14.5. The number of nitrogens with one attached hydrogen (secondary N) is 2. The van der Waals surface area contributed by atoms with E-state index in [1.165, 1.54) is 17.8 Å². The molecule has 1 atom stereocenters. The second kappa shape index (κ2) is 10.7. The zero-order valence-corrected chi connectivity index (χ0v) is 18.7. The number of para-hydroxylation sites is 1. The second-order valence-electron chi connectivity index (χ2n) is 6.60. The summed E-state index contributed by atoms with van der Waals surface area (Å²) < 4.78 is 0. The number of carbonyl (C=O) groups is 2.